The van der Waals surface area contributed by atoms with Crippen LogP contribution in [0.5, 0.6) is 0 Å². The van der Waals surface area contributed by atoms with Crippen molar-refractivity contribution in [2.75, 3.05) is 26.7 Å². The van der Waals surface area contributed by atoms with Crippen molar-refractivity contribution >= 4 is 17.6 Å². The fourth-order valence-electron chi connectivity index (χ4n) is 4.20. The quantitative estimate of drug-likeness (QED) is 0.669. The molecule has 7 heteroatoms. The Hall–Kier alpha value is -2.70. The Morgan fingerprint density at radius 3 is 2.84 bits per heavy atom. The number of allylic oxidation sites excluding steroid dienone is 1. The molecule has 1 aromatic rings. The normalized spacial score (nSPS) is 20.6. The molecular formula is C24H33N3O4. The van der Waals surface area contributed by atoms with Crippen LogP contribution in [0.15, 0.2) is 36.2 Å². The largest absolute Gasteiger partial charge is 0.481 e. The van der Waals surface area contributed by atoms with E-state index < -0.39 is 5.60 Å². The molecule has 1 saturated heterocycles. The van der Waals surface area contributed by atoms with E-state index in [1.807, 2.05) is 39.1 Å². The fraction of sp³-hybridized carbons (Fsp3) is 0.583. The summed E-state index contributed by atoms with van der Waals surface area (Å²) in [5, 5.41) is 0. The lowest BCUT2D eigenvalue weighted by Gasteiger charge is -2.36. The van der Waals surface area contributed by atoms with Crippen LogP contribution in [0.25, 0.3) is 0 Å². The van der Waals surface area contributed by atoms with Gasteiger partial charge in [0.1, 0.15) is 5.60 Å². The summed E-state index contributed by atoms with van der Waals surface area (Å²) in [5.74, 6) is 0.244. The third-order valence-electron chi connectivity index (χ3n) is 5.92. The molecule has 7 nitrogen and oxygen atoms in total. The SMILES string of the molecule is CN(CCc1ccccn1)C(=O)CC[C@@H]1CCCN(C(=O)C2=CC(=O)CC(C)(C)O2)C1. The molecule has 2 aliphatic heterocycles. The van der Waals surface area contributed by atoms with E-state index in [0.29, 0.717) is 26.1 Å². The predicted octanol–water partition coefficient (Wildman–Crippen LogP) is 2.75. The Morgan fingerprint density at radius 1 is 1.32 bits per heavy atom. The zero-order valence-corrected chi connectivity index (χ0v) is 18.8. The van der Waals surface area contributed by atoms with Crippen LogP contribution in [0.1, 0.15) is 51.6 Å². The Balaban J connectivity index is 1.46. The number of aromatic nitrogens is 1. The van der Waals surface area contributed by atoms with Crippen molar-refractivity contribution in [1.29, 1.82) is 0 Å². The minimum absolute atomic E-state index is 0.0764. The minimum Gasteiger partial charge on any atom is -0.481 e. The molecule has 1 atom stereocenters. The molecule has 0 aromatic carbocycles. The van der Waals surface area contributed by atoms with Crippen LogP contribution in [-0.2, 0) is 25.5 Å². The van der Waals surface area contributed by atoms with Gasteiger partial charge in [-0.15, -0.1) is 0 Å². The van der Waals surface area contributed by atoms with Crippen LogP contribution in [0.3, 0.4) is 0 Å². The second-order valence-electron chi connectivity index (χ2n) is 9.20. The average molecular weight is 428 g/mol. The molecule has 3 heterocycles. The van der Waals surface area contributed by atoms with Crippen LogP contribution in [-0.4, -0.2) is 64.7 Å². The molecule has 0 bridgehead atoms. The minimum atomic E-state index is -0.654. The number of carbonyl (C=O) groups is 3. The van der Waals surface area contributed by atoms with Crippen LogP contribution in [0.4, 0.5) is 0 Å². The highest BCUT2D eigenvalue weighted by Crippen LogP contribution is 2.28. The maximum absolute atomic E-state index is 12.9. The highest BCUT2D eigenvalue weighted by molar-refractivity contribution is 6.01. The molecule has 0 spiro atoms. The summed E-state index contributed by atoms with van der Waals surface area (Å²) < 4.78 is 5.77. The van der Waals surface area contributed by atoms with Gasteiger partial charge in [-0.05, 0) is 51.2 Å². The van der Waals surface area contributed by atoms with E-state index >= 15 is 0 Å². The van der Waals surface area contributed by atoms with Gasteiger partial charge in [0.15, 0.2) is 11.5 Å². The summed E-state index contributed by atoms with van der Waals surface area (Å²) in [7, 11) is 1.83. The van der Waals surface area contributed by atoms with Gasteiger partial charge in [-0.25, -0.2) is 0 Å². The number of amides is 2. The van der Waals surface area contributed by atoms with Gasteiger partial charge in [0.25, 0.3) is 5.91 Å². The molecule has 0 N–H and O–H groups in total. The maximum atomic E-state index is 12.9. The van der Waals surface area contributed by atoms with Crippen LogP contribution < -0.4 is 0 Å². The summed E-state index contributed by atoms with van der Waals surface area (Å²) in [6.07, 6.45) is 7.22. The van der Waals surface area contributed by atoms with Crippen molar-refractivity contribution in [1.82, 2.24) is 14.8 Å². The van der Waals surface area contributed by atoms with Crippen molar-refractivity contribution in [3.8, 4) is 0 Å². The van der Waals surface area contributed by atoms with E-state index in [2.05, 4.69) is 4.98 Å². The number of carbonyl (C=O) groups excluding carboxylic acids is 3. The Labute approximate surface area is 184 Å². The molecule has 0 saturated carbocycles. The van der Waals surface area contributed by atoms with Gasteiger partial charge >= 0.3 is 0 Å². The van der Waals surface area contributed by atoms with Crippen molar-refractivity contribution < 1.29 is 19.1 Å². The van der Waals surface area contributed by atoms with Gasteiger partial charge in [0.05, 0.1) is 0 Å². The van der Waals surface area contributed by atoms with E-state index in [9.17, 15) is 14.4 Å². The number of pyridine rings is 1. The Bertz CT molecular complexity index is 834. The first-order valence-corrected chi connectivity index (χ1v) is 11.1. The standard InChI is InChI=1S/C24H33N3O4/c1-24(2)16-20(28)15-21(31-24)23(30)27-13-6-7-18(17-27)9-10-22(29)26(3)14-11-19-8-4-5-12-25-19/h4-5,8,12,15,18H,6-7,9-11,13-14,16-17H2,1-3H3/t18-/m0/s1. The number of nitrogens with zero attached hydrogens (tertiary/aromatic N) is 3. The van der Waals surface area contributed by atoms with Crippen LogP contribution in [0.2, 0.25) is 0 Å². The second kappa shape index (κ2) is 10.1. The van der Waals surface area contributed by atoms with E-state index in [1.165, 1.54) is 6.08 Å². The van der Waals surface area contributed by atoms with Crippen molar-refractivity contribution in [3.63, 3.8) is 0 Å². The number of likely N-dealkylation sites (N-methyl/N-ethyl adjacent to an activating group) is 1. The lowest BCUT2D eigenvalue weighted by Crippen LogP contribution is -2.44. The molecule has 0 unspecified atom stereocenters. The lowest BCUT2D eigenvalue weighted by atomic mass is 9.92. The van der Waals surface area contributed by atoms with E-state index in [-0.39, 0.29) is 35.7 Å². The summed E-state index contributed by atoms with van der Waals surface area (Å²) in [4.78, 5) is 45.2. The second-order valence-corrected chi connectivity index (χ2v) is 9.20. The van der Waals surface area contributed by atoms with E-state index in [4.69, 9.17) is 4.74 Å². The summed E-state index contributed by atoms with van der Waals surface area (Å²) in [5.41, 5.74) is 0.322. The van der Waals surface area contributed by atoms with Gasteiger partial charge < -0.3 is 14.5 Å². The molecule has 168 valence electrons. The third kappa shape index (κ3) is 6.64. The number of ether oxygens (including phenoxy) is 1. The first kappa shape index (κ1) is 23.0. The van der Waals surface area contributed by atoms with Crippen LogP contribution in [0, 0.1) is 5.92 Å². The van der Waals surface area contributed by atoms with Crippen molar-refractivity contribution in [3.05, 3.63) is 41.9 Å². The first-order chi connectivity index (χ1) is 14.7. The van der Waals surface area contributed by atoms with E-state index in [1.54, 1.807) is 16.0 Å². The topological polar surface area (TPSA) is 79.8 Å². The molecule has 0 radical (unpaired) electrons. The third-order valence-corrected chi connectivity index (χ3v) is 5.92. The molecule has 1 fully saturated rings. The molecule has 2 aliphatic rings. The zero-order chi connectivity index (χ0) is 22.4. The van der Waals surface area contributed by atoms with Crippen LogP contribution >= 0.6 is 0 Å². The molecule has 31 heavy (non-hydrogen) atoms. The maximum Gasteiger partial charge on any atom is 0.289 e. The number of hydrogen-bond acceptors (Lipinski definition) is 5. The van der Waals surface area contributed by atoms with E-state index in [0.717, 1.165) is 31.4 Å². The summed E-state index contributed by atoms with van der Waals surface area (Å²) in [6, 6.07) is 5.80. The number of ketones is 1. The van der Waals surface area contributed by atoms with Crippen molar-refractivity contribution in [2.24, 2.45) is 5.92 Å². The van der Waals surface area contributed by atoms with Gasteiger partial charge in [-0.1, -0.05) is 6.07 Å². The predicted molar refractivity (Wildman–Crippen MR) is 117 cm³/mol. The van der Waals surface area contributed by atoms with Gasteiger partial charge in [0.2, 0.25) is 5.91 Å². The van der Waals surface area contributed by atoms with Gasteiger partial charge in [0, 0.05) is 63.9 Å². The van der Waals surface area contributed by atoms with Gasteiger partial charge in [-0.3, -0.25) is 19.4 Å². The molecule has 3 rings (SSSR count). The summed E-state index contributed by atoms with van der Waals surface area (Å²) in [6.45, 7) is 5.53. The molecule has 0 aliphatic carbocycles. The van der Waals surface area contributed by atoms with Crippen molar-refractivity contribution in [2.45, 2.75) is 58.0 Å². The number of rotatable bonds is 7. The zero-order valence-electron chi connectivity index (χ0n) is 18.8. The Kier molecular flexibility index (Phi) is 7.46. The summed E-state index contributed by atoms with van der Waals surface area (Å²) >= 11 is 0. The highest BCUT2D eigenvalue weighted by Gasteiger charge is 2.35. The Morgan fingerprint density at radius 2 is 2.13 bits per heavy atom. The first-order valence-electron chi connectivity index (χ1n) is 11.1. The monoisotopic (exact) mass is 427 g/mol. The van der Waals surface area contributed by atoms with Gasteiger partial charge in [-0.2, -0.15) is 0 Å². The number of piperidine rings is 1. The molecular weight excluding hydrogens is 394 g/mol. The molecule has 1 aromatic heterocycles. The highest BCUT2D eigenvalue weighted by atomic mass is 16.5. The molecule has 2 amide bonds. The number of likely N-dealkylation sites (tertiary alicyclic amines) is 1. The smallest absolute Gasteiger partial charge is 0.289 e. The number of hydrogen-bond donors (Lipinski definition) is 0. The lowest BCUT2D eigenvalue weighted by molar-refractivity contribution is -0.139. The average Bonchev–Trinajstić information content (AvgIpc) is 2.74. The fourth-order valence-corrected chi connectivity index (χ4v) is 4.20.